The minimum Gasteiger partial charge on any atom is -0.342 e. The molecule has 12 heavy (non-hydrogen) atoms. The molecule has 0 atom stereocenters. The molecule has 1 aliphatic rings. The number of nitrogens with zero attached hydrogens (tertiary/aromatic N) is 1. The predicted octanol–water partition coefficient (Wildman–Crippen LogP) is 2.49. The molecule has 0 amide bonds. The molecular formula is C10H14N2. The highest BCUT2D eigenvalue weighted by Crippen LogP contribution is 2.19. The van der Waals surface area contributed by atoms with Crippen molar-refractivity contribution in [2.45, 2.75) is 32.6 Å². The molecule has 0 spiro atoms. The number of imidazole rings is 1. The summed E-state index contributed by atoms with van der Waals surface area (Å²) in [6.07, 6.45) is 6.56. The van der Waals surface area contributed by atoms with Crippen LogP contribution in [0.4, 0.5) is 0 Å². The van der Waals surface area contributed by atoms with Crippen molar-refractivity contribution in [1.29, 1.82) is 0 Å². The number of aryl methyl sites for hydroxylation is 1. The third-order valence-corrected chi connectivity index (χ3v) is 2.21. The summed E-state index contributed by atoms with van der Waals surface area (Å²) in [5, 5.41) is 0. The number of H-pyrrole nitrogens is 1. The Labute approximate surface area is 72.7 Å². The lowest BCUT2D eigenvalue weighted by atomic mass is 10.1. The van der Waals surface area contributed by atoms with Crippen molar-refractivity contribution in [2.24, 2.45) is 0 Å². The fraction of sp³-hybridized carbons (Fsp3) is 0.500. The molecule has 0 aromatic carbocycles. The molecule has 1 aromatic heterocycles. The van der Waals surface area contributed by atoms with Crippen molar-refractivity contribution in [1.82, 2.24) is 9.97 Å². The van der Waals surface area contributed by atoms with Gasteiger partial charge < -0.3 is 4.98 Å². The predicted molar refractivity (Wildman–Crippen MR) is 50.0 cm³/mol. The Balaban J connectivity index is 2.39. The van der Waals surface area contributed by atoms with E-state index in [9.17, 15) is 0 Å². The van der Waals surface area contributed by atoms with Crippen molar-refractivity contribution in [3.8, 4) is 0 Å². The number of hydrogen-bond acceptors (Lipinski definition) is 1. The van der Waals surface area contributed by atoms with Gasteiger partial charge in [0.1, 0.15) is 5.82 Å². The van der Waals surface area contributed by atoms with E-state index in [1.54, 1.807) is 0 Å². The van der Waals surface area contributed by atoms with E-state index in [1.807, 2.05) is 0 Å². The molecule has 0 saturated carbocycles. The fourth-order valence-electron chi connectivity index (χ4n) is 1.47. The largest absolute Gasteiger partial charge is 0.342 e. The molecule has 2 nitrogen and oxygen atoms in total. The molecular weight excluding hydrogens is 148 g/mol. The van der Waals surface area contributed by atoms with Gasteiger partial charge in [0.15, 0.2) is 0 Å². The summed E-state index contributed by atoms with van der Waals surface area (Å²) < 4.78 is 0. The quantitative estimate of drug-likeness (QED) is 0.675. The fourth-order valence-corrected chi connectivity index (χ4v) is 1.47. The first-order valence-corrected chi connectivity index (χ1v) is 4.52. The molecule has 0 aliphatic heterocycles. The van der Waals surface area contributed by atoms with Gasteiger partial charge in [0.25, 0.3) is 0 Å². The average molecular weight is 162 g/mol. The summed E-state index contributed by atoms with van der Waals surface area (Å²) in [7, 11) is 0. The Morgan fingerprint density at radius 3 is 3.00 bits per heavy atom. The first-order valence-electron chi connectivity index (χ1n) is 4.52. The highest BCUT2D eigenvalue weighted by atomic mass is 14.9. The van der Waals surface area contributed by atoms with Crippen molar-refractivity contribution in [2.75, 3.05) is 0 Å². The minimum atomic E-state index is 0.504. The lowest BCUT2D eigenvalue weighted by molar-refractivity contribution is 0.787. The molecule has 0 bridgehead atoms. The third kappa shape index (κ3) is 1.17. The molecule has 0 fully saturated rings. The Bertz CT molecular complexity index is 308. The number of allylic oxidation sites excluding steroid dienone is 1. The van der Waals surface area contributed by atoms with Crippen LogP contribution < -0.4 is 0 Å². The summed E-state index contributed by atoms with van der Waals surface area (Å²) >= 11 is 0. The summed E-state index contributed by atoms with van der Waals surface area (Å²) in [5.74, 6) is 1.62. The van der Waals surface area contributed by atoms with Crippen LogP contribution in [0.25, 0.3) is 6.08 Å². The molecule has 1 aromatic rings. The highest BCUT2D eigenvalue weighted by molar-refractivity contribution is 5.50. The zero-order chi connectivity index (χ0) is 8.55. The summed E-state index contributed by atoms with van der Waals surface area (Å²) in [5.41, 5.74) is 2.45. The number of aromatic amines is 1. The van der Waals surface area contributed by atoms with Gasteiger partial charge in [-0.3, -0.25) is 0 Å². The van der Waals surface area contributed by atoms with Gasteiger partial charge >= 0.3 is 0 Å². The van der Waals surface area contributed by atoms with E-state index < -0.39 is 0 Å². The maximum atomic E-state index is 4.54. The molecule has 0 saturated heterocycles. The average Bonchev–Trinajstić information content (AvgIpc) is 2.46. The summed E-state index contributed by atoms with van der Waals surface area (Å²) in [6.45, 7) is 4.32. The zero-order valence-electron chi connectivity index (χ0n) is 7.59. The van der Waals surface area contributed by atoms with Crippen LogP contribution in [0.2, 0.25) is 0 Å². The van der Waals surface area contributed by atoms with Gasteiger partial charge in [0.2, 0.25) is 0 Å². The second kappa shape index (κ2) is 2.77. The highest BCUT2D eigenvalue weighted by Gasteiger charge is 2.11. The standard InChI is InChI=1S/C10H14N2/c1-7(2)10-11-8-5-3-4-6-9(8)12-10/h3,5,7H,4,6H2,1-2H3,(H,11,12). The molecule has 0 unspecified atom stereocenters. The van der Waals surface area contributed by atoms with E-state index in [0.717, 1.165) is 18.7 Å². The third-order valence-electron chi connectivity index (χ3n) is 2.21. The van der Waals surface area contributed by atoms with Crippen molar-refractivity contribution in [3.63, 3.8) is 0 Å². The second-order valence-corrected chi connectivity index (χ2v) is 3.58. The lowest BCUT2D eigenvalue weighted by Crippen LogP contribution is -1.92. The van der Waals surface area contributed by atoms with Crippen LogP contribution in [0.15, 0.2) is 6.08 Å². The van der Waals surface area contributed by atoms with E-state index in [1.165, 1.54) is 11.4 Å². The van der Waals surface area contributed by atoms with Gasteiger partial charge in [-0.05, 0) is 18.9 Å². The van der Waals surface area contributed by atoms with Crippen LogP contribution >= 0.6 is 0 Å². The van der Waals surface area contributed by atoms with Gasteiger partial charge in [-0.1, -0.05) is 19.9 Å². The summed E-state index contributed by atoms with van der Waals surface area (Å²) in [4.78, 5) is 7.88. The van der Waals surface area contributed by atoms with Crippen molar-refractivity contribution < 1.29 is 0 Å². The number of fused-ring (bicyclic) bond motifs is 1. The Hall–Kier alpha value is -1.05. The first kappa shape index (κ1) is 7.59. The molecule has 2 heteroatoms. The molecule has 0 radical (unpaired) electrons. The Morgan fingerprint density at radius 1 is 1.50 bits per heavy atom. The number of hydrogen-bond donors (Lipinski definition) is 1. The maximum absolute atomic E-state index is 4.54. The van der Waals surface area contributed by atoms with Gasteiger partial charge in [-0.2, -0.15) is 0 Å². The number of nitrogens with one attached hydrogen (secondary N) is 1. The Kier molecular flexibility index (Phi) is 1.75. The topological polar surface area (TPSA) is 28.7 Å². The SMILES string of the molecule is CC(C)c1nc2c([nH]1)C=CCC2. The summed E-state index contributed by atoms with van der Waals surface area (Å²) in [6, 6.07) is 0. The lowest BCUT2D eigenvalue weighted by Gasteiger charge is -1.99. The molecule has 1 aliphatic carbocycles. The van der Waals surface area contributed by atoms with Crippen LogP contribution in [0.3, 0.4) is 0 Å². The van der Waals surface area contributed by atoms with E-state index in [0.29, 0.717) is 5.92 Å². The van der Waals surface area contributed by atoms with Crippen LogP contribution in [0.1, 0.15) is 43.4 Å². The van der Waals surface area contributed by atoms with Gasteiger partial charge in [0.05, 0.1) is 11.4 Å². The molecule has 64 valence electrons. The maximum Gasteiger partial charge on any atom is 0.109 e. The minimum absolute atomic E-state index is 0.504. The van der Waals surface area contributed by atoms with Gasteiger partial charge in [-0.15, -0.1) is 0 Å². The molecule has 1 N–H and O–H groups in total. The molecule has 1 heterocycles. The monoisotopic (exact) mass is 162 g/mol. The van der Waals surface area contributed by atoms with Crippen molar-refractivity contribution >= 4 is 6.08 Å². The zero-order valence-corrected chi connectivity index (χ0v) is 7.59. The van der Waals surface area contributed by atoms with E-state index in [-0.39, 0.29) is 0 Å². The first-order chi connectivity index (χ1) is 5.77. The van der Waals surface area contributed by atoms with Crippen LogP contribution in [-0.4, -0.2) is 9.97 Å². The van der Waals surface area contributed by atoms with E-state index in [4.69, 9.17) is 0 Å². The van der Waals surface area contributed by atoms with Crippen LogP contribution in [-0.2, 0) is 6.42 Å². The van der Waals surface area contributed by atoms with E-state index >= 15 is 0 Å². The smallest absolute Gasteiger partial charge is 0.109 e. The van der Waals surface area contributed by atoms with Crippen molar-refractivity contribution in [3.05, 3.63) is 23.3 Å². The Morgan fingerprint density at radius 2 is 2.33 bits per heavy atom. The van der Waals surface area contributed by atoms with E-state index in [2.05, 4.69) is 36.0 Å². The molecule has 2 rings (SSSR count). The van der Waals surface area contributed by atoms with Crippen LogP contribution in [0.5, 0.6) is 0 Å². The van der Waals surface area contributed by atoms with Crippen LogP contribution in [0, 0.1) is 0 Å². The second-order valence-electron chi connectivity index (χ2n) is 3.58. The van der Waals surface area contributed by atoms with Gasteiger partial charge in [-0.25, -0.2) is 4.98 Å². The number of aromatic nitrogens is 2. The normalized spacial score (nSPS) is 15.2. The number of rotatable bonds is 1. The van der Waals surface area contributed by atoms with Gasteiger partial charge in [0, 0.05) is 5.92 Å².